The number of hydrogen-bond acceptors (Lipinski definition) is 5. The van der Waals surface area contributed by atoms with Gasteiger partial charge < -0.3 is 0 Å². The van der Waals surface area contributed by atoms with E-state index in [9.17, 15) is 8.42 Å². The molecule has 1 aromatic heterocycles. The van der Waals surface area contributed by atoms with Gasteiger partial charge in [-0.15, -0.1) is 11.3 Å². The molecule has 0 fully saturated rings. The average molecular weight is 321 g/mol. The third-order valence-corrected chi connectivity index (χ3v) is 5.35. The highest BCUT2D eigenvalue weighted by atomic mass is 32.2. The van der Waals surface area contributed by atoms with Gasteiger partial charge in [0.05, 0.1) is 23.4 Å². The van der Waals surface area contributed by atoms with E-state index in [4.69, 9.17) is 5.26 Å². The number of sulfonamides is 1. The van der Waals surface area contributed by atoms with Crippen LogP contribution in [0.3, 0.4) is 0 Å². The number of hydrogen-bond donors (Lipinski definition) is 1. The van der Waals surface area contributed by atoms with Gasteiger partial charge in [-0.25, -0.2) is 18.1 Å². The number of benzene rings is 1. The number of nitriles is 1. The summed E-state index contributed by atoms with van der Waals surface area (Å²) in [7, 11) is -3.60. The Bertz CT molecular complexity index is 717. The first-order valence-corrected chi connectivity index (χ1v) is 8.80. The molecule has 0 aliphatic carbocycles. The molecule has 110 valence electrons. The summed E-state index contributed by atoms with van der Waals surface area (Å²) in [6.45, 7) is 1.91. The van der Waals surface area contributed by atoms with Gasteiger partial charge in [-0.3, -0.25) is 0 Å². The molecule has 0 aliphatic heterocycles. The van der Waals surface area contributed by atoms with Gasteiger partial charge in [-0.05, 0) is 24.1 Å². The van der Waals surface area contributed by atoms with Gasteiger partial charge >= 0.3 is 0 Å². The van der Waals surface area contributed by atoms with E-state index in [1.807, 2.05) is 18.4 Å². The van der Waals surface area contributed by atoms with E-state index in [0.717, 1.165) is 10.6 Å². The molecule has 0 aliphatic rings. The van der Waals surface area contributed by atoms with Crippen molar-refractivity contribution in [2.24, 2.45) is 0 Å². The normalized spacial score (nSPS) is 12.8. The maximum Gasteiger partial charge on any atom is 0.241 e. The quantitative estimate of drug-likeness (QED) is 0.886. The van der Waals surface area contributed by atoms with Crippen LogP contribution < -0.4 is 4.72 Å². The molecule has 2 aromatic rings. The molecule has 1 atom stereocenters. The Morgan fingerprint density at radius 1 is 1.38 bits per heavy atom. The molecule has 5 nitrogen and oxygen atoms in total. The van der Waals surface area contributed by atoms with Gasteiger partial charge in [0.1, 0.15) is 5.01 Å². The summed E-state index contributed by atoms with van der Waals surface area (Å²) >= 11 is 1.43. The fourth-order valence-corrected chi connectivity index (χ4v) is 3.98. The van der Waals surface area contributed by atoms with Crippen LogP contribution in [-0.4, -0.2) is 13.4 Å². The third kappa shape index (κ3) is 3.88. The lowest BCUT2D eigenvalue weighted by Gasteiger charge is -2.14. The number of nitrogens with zero attached hydrogens (tertiary/aromatic N) is 2. The van der Waals surface area contributed by atoms with E-state index in [-0.39, 0.29) is 17.4 Å². The van der Waals surface area contributed by atoms with Gasteiger partial charge in [-0.1, -0.05) is 19.1 Å². The van der Waals surface area contributed by atoms with Crippen LogP contribution in [0.2, 0.25) is 0 Å². The standard InChI is InChI=1S/C14H15N3O2S2/c1-2-13(14-16-9-10-20-14)17-21(18,19)12-5-3-11(4-6-12)7-8-15/h3-6,9-10,13,17H,2,7H2,1H3. The maximum absolute atomic E-state index is 12.4. The average Bonchev–Trinajstić information content (AvgIpc) is 3.00. The zero-order chi connectivity index (χ0) is 15.3. The first-order chi connectivity index (χ1) is 10.1. The molecule has 1 unspecified atom stereocenters. The monoisotopic (exact) mass is 321 g/mol. The molecule has 1 aromatic carbocycles. The Morgan fingerprint density at radius 2 is 2.10 bits per heavy atom. The minimum absolute atomic E-state index is 0.194. The Kier molecular flexibility index (Phi) is 5.07. The summed E-state index contributed by atoms with van der Waals surface area (Å²) in [5, 5.41) is 11.2. The van der Waals surface area contributed by atoms with Crippen LogP contribution in [0.1, 0.15) is 30.0 Å². The second-order valence-electron chi connectivity index (χ2n) is 4.43. The predicted molar refractivity (Wildman–Crippen MR) is 81.2 cm³/mol. The van der Waals surface area contributed by atoms with E-state index < -0.39 is 10.0 Å². The Hall–Kier alpha value is -1.75. The zero-order valence-electron chi connectivity index (χ0n) is 11.5. The maximum atomic E-state index is 12.4. The van der Waals surface area contributed by atoms with Crippen molar-refractivity contribution in [3.05, 3.63) is 46.4 Å². The fourth-order valence-electron chi connectivity index (χ4n) is 1.85. The summed E-state index contributed by atoms with van der Waals surface area (Å²) in [5.74, 6) is 0. The lowest BCUT2D eigenvalue weighted by Crippen LogP contribution is -2.28. The van der Waals surface area contributed by atoms with E-state index >= 15 is 0 Å². The van der Waals surface area contributed by atoms with Gasteiger partial charge in [0.2, 0.25) is 10.0 Å². The van der Waals surface area contributed by atoms with Gasteiger partial charge in [0.25, 0.3) is 0 Å². The van der Waals surface area contributed by atoms with Crippen molar-refractivity contribution in [2.75, 3.05) is 0 Å². The SMILES string of the molecule is CCC(NS(=O)(=O)c1ccc(CC#N)cc1)c1nccs1. The van der Waals surface area contributed by atoms with Crippen molar-refractivity contribution in [3.63, 3.8) is 0 Å². The molecule has 21 heavy (non-hydrogen) atoms. The summed E-state index contributed by atoms with van der Waals surface area (Å²) in [5.41, 5.74) is 0.795. The fraction of sp³-hybridized carbons (Fsp3) is 0.286. The number of thiazole rings is 1. The van der Waals surface area contributed by atoms with E-state index in [0.29, 0.717) is 6.42 Å². The second kappa shape index (κ2) is 6.80. The lowest BCUT2D eigenvalue weighted by atomic mass is 10.2. The molecule has 0 bridgehead atoms. The molecule has 1 N–H and O–H groups in total. The molecular weight excluding hydrogens is 306 g/mol. The molecule has 7 heteroatoms. The van der Waals surface area contributed by atoms with Crippen molar-refractivity contribution in [1.29, 1.82) is 5.26 Å². The molecule has 0 spiro atoms. The van der Waals surface area contributed by atoms with E-state index in [1.54, 1.807) is 18.3 Å². The molecule has 0 saturated carbocycles. The van der Waals surface area contributed by atoms with Crippen LogP contribution in [0.25, 0.3) is 0 Å². The number of rotatable bonds is 6. The molecule has 0 amide bonds. The first kappa shape index (κ1) is 15.6. The second-order valence-corrected chi connectivity index (χ2v) is 7.07. The van der Waals surface area contributed by atoms with Crippen molar-refractivity contribution in [1.82, 2.24) is 9.71 Å². The van der Waals surface area contributed by atoms with Crippen LogP contribution in [-0.2, 0) is 16.4 Å². The van der Waals surface area contributed by atoms with Crippen LogP contribution >= 0.6 is 11.3 Å². The van der Waals surface area contributed by atoms with Crippen molar-refractivity contribution in [2.45, 2.75) is 30.7 Å². The number of aromatic nitrogens is 1. The first-order valence-electron chi connectivity index (χ1n) is 6.44. The summed E-state index contributed by atoms with van der Waals surface area (Å²) in [6.07, 6.45) is 2.55. The van der Waals surface area contributed by atoms with Gasteiger partial charge in [0.15, 0.2) is 0 Å². The minimum Gasteiger partial charge on any atom is -0.248 e. The highest BCUT2D eigenvalue weighted by molar-refractivity contribution is 7.89. The van der Waals surface area contributed by atoms with E-state index in [2.05, 4.69) is 9.71 Å². The van der Waals surface area contributed by atoms with Crippen LogP contribution in [0, 0.1) is 11.3 Å². The third-order valence-electron chi connectivity index (χ3n) is 2.97. The molecular formula is C14H15N3O2S2. The Labute approximate surface area is 128 Å². The topological polar surface area (TPSA) is 82.9 Å². The Balaban J connectivity index is 2.19. The minimum atomic E-state index is -3.60. The highest BCUT2D eigenvalue weighted by Crippen LogP contribution is 2.22. The van der Waals surface area contributed by atoms with Crippen LogP contribution in [0.5, 0.6) is 0 Å². The molecule has 0 saturated heterocycles. The number of nitrogens with one attached hydrogen (secondary N) is 1. The molecule has 0 radical (unpaired) electrons. The largest absolute Gasteiger partial charge is 0.248 e. The van der Waals surface area contributed by atoms with Crippen LogP contribution in [0.15, 0.2) is 40.7 Å². The van der Waals surface area contributed by atoms with Crippen molar-refractivity contribution >= 4 is 21.4 Å². The predicted octanol–water partition coefficient (Wildman–Crippen LogP) is 2.64. The lowest BCUT2D eigenvalue weighted by molar-refractivity contribution is 0.549. The van der Waals surface area contributed by atoms with Crippen molar-refractivity contribution in [3.8, 4) is 6.07 Å². The van der Waals surface area contributed by atoms with Crippen molar-refractivity contribution < 1.29 is 8.42 Å². The molecule has 1 heterocycles. The molecule has 2 rings (SSSR count). The van der Waals surface area contributed by atoms with Gasteiger partial charge in [0, 0.05) is 11.6 Å². The van der Waals surface area contributed by atoms with Gasteiger partial charge in [-0.2, -0.15) is 5.26 Å². The summed E-state index contributed by atoms with van der Waals surface area (Å²) in [6, 6.07) is 8.05. The smallest absolute Gasteiger partial charge is 0.241 e. The summed E-state index contributed by atoms with van der Waals surface area (Å²) in [4.78, 5) is 4.35. The van der Waals surface area contributed by atoms with E-state index in [1.165, 1.54) is 23.5 Å². The highest BCUT2D eigenvalue weighted by Gasteiger charge is 2.21. The Morgan fingerprint density at radius 3 is 2.62 bits per heavy atom. The summed E-state index contributed by atoms with van der Waals surface area (Å²) < 4.78 is 27.4. The zero-order valence-corrected chi connectivity index (χ0v) is 13.1. The van der Waals surface area contributed by atoms with Crippen LogP contribution in [0.4, 0.5) is 0 Å².